The number of anilines is 1. The van der Waals surface area contributed by atoms with Crippen molar-refractivity contribution in [2.45, 2.75) is 77.0 Å². The molecular formula is C31H49N5O2Si. The number of hydrogen-bond acceptors (Lipinski definition) is 7. The zero-order chi connectivity index (χ0) is 28.5. The average molecular weight is 552 g/mol. The van der Waals surface area contributed by atoms with Crippen LogP contribution in [0, 0.1) is 0 Å². The van der Waals surface area contributed by atoms with Gasteiger partial charge in [-0.05, 0) is 73.8 Å². The molecule has 3 aliphatic heterocycles. The highest BCUT2D eigenvalue weighted by Gasteiger charge is 2.45. The summed E-state index contributed by atoms with van der Waals surface area (Å²) in [5, 5.41) is 23.1. The van der Waals surface area contributed by atoms with E-state index in [1.807, 2.05) is 38.2 Å². The van der Waals surface area contributed by atoms with Gasteiger partial charge in [0.1, 0.15) is 11.4 Å². The summed E-state index contributed by atoms with van der Waals surface area (Å²) in [6.45, 7) is 24.4. The third-order valence-corrected chi connectivity index (χ3v) is 13.2. The van der Waals surface area contributed by atoms with Crippen molar-refractivity contribution in [2.24, 2.45) is 0 Å². The van der Waals surface area contributed by atoms with Crippen molar-refractivity contribution in [3.8, 4) is 0 Å². The number of nitrogens with one attached hydrogen (secondary N) is 2. The van der Waals surface area contributed by atoms with E-state index >= 15 is 0 Å². The van der Waals surface area contributed by atoms with Crippen LogP contribution in [0.15, 0.2) is 67.2 Å². The summed E-state index contributed by atoms with van der Waals surface area (Å²) in [5.74, 6) is 0.899. The largest absolute Gasteiger partial charge is 0.416 e. The summed E-state index contributed by atoms with van der Waals surface area (Å²) in [6.07, 6.45) is 13.1. The first-order chi connectivity index (χ1) is 18.2. The normalized spacial score (nSPS) is 22.5. The predicted molar refractivity (Wildman–Crippen MR) is 164 cm³/mol. The number of dihydropyridines is 1. The van der Waals surface area contributed by atoms with Gasteiger partial charge in [0.15, 0.2) is 14.0 Å². The maximum absolute atomic E-state index is 11.4. The number of nitrogens with zero attached hydrogens (tertiary/aromatic N) is 3. The van der Waals surface area contributed by atoms with Crippen LogP contribution in [0.4, 0.5) is 5.69 Å². The molecule has 1 atom stereocenters. The molecule has 0 saturated carbocycles. The Balaban J connectivity index is 1.43. The summed E-state index contributed by atoms with van der Waals surface area (Å²) in [7, 11) is -1.72. The minimum atomic E-state index is -1.72. The summed E-state index contributed by atoms with van der Waals surface area (Å²) in [6, 6.07) is 6.61. The van der Waals surface area contributed by atoms with Crippen LogP contribution in [0.25, 0.3) is 0 Å². The SMILES string of the molecule is C=CCN1CC=CN1C1=CC=CC(Nc2ccc3c(c2)CCN(CCO[Si](C)(C)C(C)(C)C)C3)(C(C)(C)O)N1. The number of fused-ring (bicyclic) bond motifs is 1. The molecule has 0 bridgehead atoms. The number of rotatable bonds is 10. The molecule has 7 nitrogen and oxygen atoms in total. The van der Waals surface area contributed by atoms with Gasteiger partial charge >= 0.3 is 0 Å². The lowest BCUT2D eigenvalue weighted by molar-refractivity contribution is 0.00555. The van der Waals surface area contributed by atoms with E-state index in [2.05, 4.69) is 96.5 Å². The van der Waals surface area contributed by atoms with Crippen molar-refractivity contribution in [1.29, 1.82) is 0 Å². The summed E-state index contributed by atoms with van der Waals surface area (Å²) >= 11 is 0. The fourth-order valence-electron chi connectivity index (χ4n) is 5.03. The van der Waals surface area contributed by atoms with Gasteiger partial charge < -0.3 is 20.2 Å². The van der Waals surface area contributed by atoms with Crippen molar-refractivity contribution < 1.29 is 9.53 Å². The molecule has 4 rings (SSSR count). The molecule has 0 aliphatic carbocycles. The van der Waals surface area contributed by atoms with Crippen molar-refractivity contribution in [3.05, 3.63) is 78.3 Å². The van der Waals surface area contributed by atoms with Crippen LogP contribution in [0.5, 0.6) is 0 Å². The standard InChI is InChI=1S/C31H49N5O2Si/c1-9-17-35-18-11-19-36(35)28-12-10-16-31(33-28,30(5,6)37)32-27-14-13-26-24-34(20-15-25(26)23-27)21-22-38-39(7,8)29(2,3)4/h9-14,16,19,23,32-33,37H,1,15,17-18,20-22,24H2,2-8H3. The zero-order valence-corrected chi connectivity index (χ0v) is 26.1. The van der Waals surface area contributed by atoms with E-state index in [4.69, 9.17) is 4.43 Å². The third-order valence-electron chi connectivity index (χ3n) is 8.66. The molecule has 0 saturated heterocycles. The van der Waals surface area contributed by atoms with Gasteiger partial charge in [0, 0.05) is 51.2 Å². The van der Waals surface area contributed by atoms with Gasteiger partial charge in [-0.15, -0.1) is 6.58 Å². The molecular weight excluding hydrogens is 502 g/mol. The highest BCUT2D eigenvalue weighted by molar-refractivity contribution is 6.74. The number of allylic oxidation sites excluding steroid dienone is 2. The molecule has 0 radical (unpaired) electrons. The van der Waals surface area contributed by atoms with Gasteiger partial charge in [0.2, 0.25) is 0 Å². The molecule has 3 N–H and O–H groups in total. The molecule has 3 heterocycles. The third kappa shape index (κ3) is 6.52. The van der Waals surface area contributed by atoms with Crippen LogP contribution < -0.4 is 10.6 Å². The van der Waals surface area contributed by atoms with E-state index in [-0.39, 0.29) is 5.04 Å². The maximum atomic E-state index is 11.4. The fourth-order valence-corrected chi connectivity index (χ4v) is 6.07. The van der Waals surface area contributed by atoms with Crippen molar-refractivity contribution >= 4 is 14.0 Å². The Morgan fingerprint density at radius 3 is 2.67 bits per heavy atom. The van der Waals surface area contributed by atoms with Crippen LogP contribution in [-0.2, 0) is 17.4 Å². The van der Waals surface area contributed by atoms with Gasteiger partial charge in [0.05, 0.1) is 0 Å². The first kappa shape index (κ1) is 29.6. The summed E-state index contributed by atoms with van der Waals surface area (Å²) in [4.78, 5) is 2.50. The molecule has 3 aliphatic rings. The minimum absolute atomic E-state index is 0.237. The van der Waals surface area contributed by atoms with E-state index in [0.29, 0.717) is 0 Å². The lowest BCUT2D eigenvalue weighted by Crippen LogP contribution is -2.66. The second-order valence-corrected chi connectivity index (χ2v) is 17.8. The lowest BCUT2D eigenvalue weighted by Gasteiger charge is -2.47. The molecule has 39 heavy (non-hydrogen) atoms. The molecule has 214 valence electrons. The Kier molecular flexibility index (Phi) is 8.55. The van der Waals surface area contributed by atoms with E-state index < -0.39 is 19.6 Å². The highest BCUT2D eigenvalue weighted by atomic mass is 28.4. The minimum Gasteiger partial charge on any atom is -0.416 e. The Hall–Kier alpha value is -2.36. The van der Waals surface area contributed by atoms with E-state index in [0.717, 1.165) is 57.3 Å². The molecule has 0 spiro atoms. The molecule has 1 aromatic carbocycles. The van der Waals surface area contributed by atoms with E-state index in [1.165, 1.54) is 11.1 Å². The van der Waals surface area contributed by atoms with Crippen LogP contribution in [0.2, 0.25) is 18.1 Å². The summed E-state index contributed by atoms with van der Waals surface area (Å²) in [5.41, 5.74) is 1.74. The second kappa shape index (κ2) is 11.3. The maximum Gasteiger partial charge on any atom is 0.192 e. The molecule has 1 unspecified atom stereocenters. The van der Waals surface area contributed by atoms with Gasteiger partial charge in [-0.3, -0.25) is 9.91 Å². The van der Waals surface area contributed by atoms with Crippen LogP contribution in [0.3, 0.4) is 0 Å². The van der Waals surface area contributed by atoms with Crippen molar-refractivity contribution in [1.82, 2.24) is 20.2 Å². The van der Waals surface area contributed by atoms with Crippen LogP contribution in [-0.4, -0.2) is 72.4 Å². The van der Waals surface area contributed by atoms with E-state index in [1.54, 1.807) is 0 Å². The van der Waals surface area contributed by atoms with Gasteiger partial charge in [-0.1, -0.05) is 45.1 Å². The Bertz CT molecular complexity index is 1130. The molecule has 8 heteroatoms. The van der Waals surface area contributed by atoms with Gasteiger partial charge in [-0.25, -0.2) is 5.01 Å². The van der Waals surface area contributed by atoms with Gasteiger partial charge in [0.25, 0.3) is 0 Å². The Labute approximate surface area is 237 Å². The number of aliphatic hydroxyl groups is 1. The topological polar surface area (TPSA) is 63.2 Å². The number of hydrogen-bond donors (Lipinski definition) is 3. The lowest BCUT2D eigenvalue weighted by atomic mass is 9.88. The first-order valence-corrected chi connectivity index (χ1v) is 17.1. The van der Waals surface area contributed by atoms with Crippen LogP contribution >= 0.6 is 0 Å². The van der Waals surface area contributed by atoms with Gasteiger partial charge in [-0.2, -0.15) is 0 Å². The predicted octanol–water partition coefficient (Wildman–Crippen LogP) is 5.18. The summed E-state index contributed by atoms with van der Waals surface area (Å²) < 4.78 is 6.43. The smallest absolute Gasteiger partial charge is 0.192 e. The molecule has 1 aromatic rings. The fraction of sp³-hybridized carbons (Fsp3) is 0.548. The molecule has 0 fully saturated rings. The second-order valence-electron chi connectivity index (χ2n) is 13.0. The monoisotopic (exact) mass is 551 g/mol. The van der Waals surface area contributed by atoms with Crippen molar-refractivity contribution in [2.75, 3.05) is 38.1 Å². The van der Waals surface area contributed by atoms with Crippen LogP contribution in [0.1, 0.15) is 45.7 Å². The van der Waals surface area contributed by atoms with E-state index in [9.17, 15) is 5.11 Å². The Morgan fingerprint density at radius 1 is 1.21 bits per heavy atom. The number of benzene rings is 1. The highest BCUT2D eigenvalue weighted by Crippen LogP contribution is 2.37. The molecule has 0 aromatic heterocycles. The average Bonchev–Trinajstić information content (AvgIpc) is 3.31. The van der Waals surface area contributed by atoms with Crippen molar-refractivity contribution in [3.63, 3.8) is 0 Å². The molecule has 0 amide bonds. The quantitative estimate of drug-likeness (QED) is 0.274. The first-order valence-electron chi connectivity index (χ1n) is 14.2. The number of hydrazine groups is 1. The Morgan fingerprint density at radius 2 is 1.97 bits per heavy atom. The zero-order valence-electron chi connectivity index (χ0n) is 25.1.